The smallest absolute Gasteiger partial charge is 0.214 e. The first kappa shape index (κ1) is 10.4. The minimum Gasteiger partial charge on any atom is -0.493 e. The molecule has 1 N–H and O–H groups in total. The van der Waals surface area contributed by atoms with Crippen LogP contribution in [0.3, 0.4) is 0 Å². The van der Waals surface area contributed by atoms with E-state index < -0.39 is 0 Å². The Hall–Kier alpha value is -2.16. The lowest BCUT2D eigenvalue weighted by Crippen LogP contribution is -1.89. The molecule has 0 bridgehead atoms. The summed E-state index contributed by atoms with van der Waals surface area (Å²) in [4.78, 5) is 8.10. The Kier molecular flexibility index (Phi) is 2.96. The summed E-state index contributed by atoms with van der Waals surface area (Å²) < 4.78 is 0. The van der Waals surface area contributed by atoms with Crippen LogP contribution in [0.4, 0.5) is 0 Å². The molecule has 0 radical (unpaired) electrons. The molecule has 0 fully saturated rings. The molecule has 0 aliphatic rings. The third-order valence-electron chi connectivity index (χ3n) is 2.08. The molecule has 2 aromatic rings. The van der Waals surface area contributed by atoms with Gasteiger partial charge in [-0.15, -0.1) is 0 Å². The molecule has 0 saturated heterocycles. The molecule has 0 saturated carbocycles. The summed E-state index contributed by atoms with van der Waals surface area (Å²) in [6.07, 6.45) is 3.69. The quantitative estimate of drug-likeness (QED) is 0.832. The minimum absolute atomic E-state index is 0.000196. The lowest BCUT2D eigenvalue weighted by molar-refractivity contribution is 0.450. The molecule has 0 unspecified atom stereocenters. The number of hydrogen-bond donors (Lipinski definition) is 1. The molecule has 0 aliphatic carbocycles. The largest absolute Gasteiger partial charge is 0.493 e. The van der Waals surface area contributed by atoms with Crippen molar-refractivity contribution in [2.24, 2.45) is 0 Å². The molecule has 3 nitrogen and oxygen atoms in total. The Morgan fingerprint density at radius 2 is 1.81 bits per heavy atom. The fourth-order valence-corrected chi connectivity index (χ4v) is 1.38. The standard InChI is InChI=1S/C13H12N2O/c1-10-9-13(16)15-12(14-10)8-7-11-5-3-2-4-6-11/h2-9H,1H3,(H,14,15,16). The highest BCUT2D eigenvalue weighted by Gasteiger charge is 1.96. The molecule has 1 aromatic carbocycles. The van der Waals surface area contributed by atoms with Gasteiger partial charge in [-0.1, -0.05) is 36.4 Å². The maximum absolute atomic E-state index is 9.31. The van der Waals surface area contributed by atoms with E-state index in [4.69, 9.17) is 0 Å². The van der Waals surface area contributed by atoms with Crippen molar-refractivity contribution in [2.45, 2.75) is 6.92 Å². The second-order valence-electron chi connectivity index (χ2n) is 3.47. The van der Waals surface area contributed by atoms with Crippen molar-refractivity contribution in [3.8, 4) is 5.88 Å². The fourth-order valence-electron chi connectivity index (χ4n) is 1.38. The third-order valence-corrected chi connectivity index (χ3v) is 2.08. The van der Waals surface area contributed by atoms with Crippen LogP contribution in [0.1, 0.15) is 17.1 Å². The molecule has 0 atom stereocenters. The number of nitrogens with zero attached hydrogens (tertiary/aromatic N) is 2. The number of aromatic nitrogens is 2. The van der Waals surface area contributed by atoms with E-state index >= 15 is 0 Å². The van der Waals surface area contributed by atoms with Crippen molar-refractivity contribution >= 4 is 12.2 Å². The summed E-state index contributed by atoms with van der Waals surface area (Å²) >= 11 is 0. The van der Waals surface area contributed by atoms with Crippen LogP contribution in [0.25, 0.3) is 12.2 Å². The monoisotopic (exact) mass is 212 g/mol. The van der Waals surface area contributed by atoms with Crippen LogP contribution in [0, 0.1) is 6.92 Å². The van der Waals surface area contributed by atoms with Crippen molar-refractivity contribution in [3.63, 3.8) is 0 Å². The molecule has 16 heavy (non-hydrogen) atoms. The van der Waals surface area contributed by atoms with Gasteiger partial charge in [0, 0.05) is 11.8 Å². The third kappa shape index (κ3) is 2.67. The van der Waals surface area contributed by atoms with Gasteiger partial charge >= 0.3 is 0 Å². The SMILES string of the molecule is Cc1cc(O)nc(C=Cc2ccccc2)n1. The van der Waals surface area contributed by atoms with Crippen LogP contribution in [-0.4, -0.2) is 15.1 Å². The van der Waals surface area contributed by atoms with E-state index in [-0.39, 0.29) is 5.88 Å². The van der Waals surface area contributed by atoms with E-state index in [1.807, 2.05) is 43.3 Å². The summed E-state index contributed by atoms with van der Waals surface area (Å²) in [7, 11) is 0. The predicted molar refractivity (Wildman–Crippen MR) is 63.8 cm³/mol. The summed E-state index contributed by atoms with van der Waals surface area (Å²) in [5.41, 5.74) is 1.83. The lowest BCUT2D eigenvalue weighted by atomic mass is 10.2. The molecule has 0 spiro atoms. The van der Waals surface area contributed by atoms with Crippen LogP contribution in [-0.2, 0) is 0 Å². The molecule has 3 heteroatoms. The highest BCUT2D eigenvalue weighted by atomic mass is 16.3. The van der Waals surface area contributed by atoms with E-state index in [2.05, 4.69) is 9.97 Å². The highest BCUT2D eigenvalue weighted by Crippen LogP contribution is 2.09. The second kappa shape index (κ2) is 4.57. The van der Waals surface area contributed by atoms with Crippen molar-refractivity contribution in [1.82, 2.24) is 9.97 Å². The van der Waals surface area contributed by atoms with E-state index in [9.17, 15) is 5.11 Å². The van der Waals surface area contributed by atoms with E-state index in [1.165, 1.54) is 6.07 Å². The lowest BCUT2D eigenvalue weighted by Gasteiger charge is -1.97. The van der Waals surface area contributed by atoms with Gasteiger partial charge in [-0.2, -0.15) is 4.98 Å². The Balaban J connectivity index is 2.24. The zero-order valence-corrected chi connectivity index (χ0v) is 8.96. The maximum Gasteiger partial charge on any atom is 0.214 e. The normalized spacial score (nSPS) is 10.8. The van der Waals surface area contributed by atoms with Gasteiger partial charge in [0.1, 0.15) is 0 Å². The first-order valence-corrected chi connectivity index (χ1v) is 5.02. The van der Waals surface area contributed by atoms with Gasteiger partial charge in [0.2, 0.25) is 5.88 Å². The number of hydrogen-bond acceptors (Lipinski definition) is 3. The van der Waals surface area contributed by atoms with Crippen molar-refractivity contribution < 1.29 is 5.11 Å². The first-order valence-electron chi connectivity index (χ1n) is 5.02. The molecule has 0 aliphatic heterocycles. The Labute approximate surface area is 94.1 Å². The van der Waals surface area contributed by atoms with Crippen LogP contribution in [0.15, 0.2) is 36.4 Å². The van der Waals surface area contributed by atoms with Crippen LogP contribution >= 0.6 is 0 Å². The van der Waals surface area contributed by atoms with Crippen LogP contribution in [0.2, 0.25) is 0 Å². The molecule has 80 valence electrons. The highest BCUT2D eigenvalue weighted by molar-refractivity contribution is 5.66. The Bertz CT molecular complexity index is 486. The summed E-state index contributed by atoms with van der Waals surface area (Å²) in [5, 5.41) is 9.31. The zero-order chi connectivity index (χ0) is 11.4. The number of aromatic hydroxyl groups is 1. The average Bonchev–Trinajstić information content (AvgIpc) is 2.27. The van der Waals surface area contributed by atoms with Gasteiger partial charge < -0.3 is 5.11 Å². The van der Waals surface area contributed by atoms with E-state index in [0.717, 1.165) is 11.3 Å². The van der Waals surface area contributed by atoms with Gasteiger partial charge in [0.15, 0.2) is 5.82 Å². The summed E-state index contributed by atoms with van der Waals surface area (Å²) in [6, 6.07) is 11.4. The molecule has 1 heterocycles. The topological polar surface area (TPSA) is 46.0 Å². The number of rotatable bonds is 2. The van der Waals surface area contributed by atoms with E-state index in [0.29, 0.717) is 5.82 Å². The second-order valence-corrected chi connectivity index (χ2v) is 3.47. The van der Waals surface area contributed by atoms with Crippen LogP contribution in [0.5, 0.6) is 5.88 Å². The van der Waals surface area contributed by atoms with Crippen LogP contribution < -0.4 is 0 Å². The minimum atomic E-state index is 0.000196. The zero-order valence-electron chi connectivity index (χ0n) is 8.96. The summed E-state index contributed by atoms with van der Waals surface area (Å²) in [5.74, 6) is 0.515. The molecule has 0 amide bonds. The predicted octanol–water partition coefficient (Wildman–Crippen LogP) is 2.66. The Morgan fingerprint density at radius 3 is 2.50 bits per heavy atom. The first-order chi connectivity index (χ1) is 7.74. The van der Waals surface area contributed by atoms with Gasteiger partial charge in [-0.25, -0.2) is 4.98 Å². The van der Waals surface area contributed by atoms with Gasteiger partial charge in [0.05, 0.1) is 0 Å². The molecule has 2 rings (SSSR count). The van der Waals surface area contributed by atoms with Crippen molar-refractivity contribution in [2.75, 3.05) is 0 Å². The average molecular weight is 212 g/mol. The maximum atomic E-state index is 9.31. The van der Waals surface area contributed by atoms with Gasteiger partial charge in [-0.3, -0.25) is 0 Å². The fraction of sp³-hybridized carbons (Fsp3) is 0.0769. The van der Waals surface area contributed by atoms with E-state index in [1.54, 1.807) is 6.08 Å². The van der Waals surface area contributed by atoms with Crippen molar-refractivity contribution in [1.29, 1.82) is 0 Å². The van der Waals surface area contributed by atoms with Gasteiger partial charge in [0.25, 0.3) is 0 Å². The molecular formula is C13H12N2O. The molecule has 1 aromatic heterocycles. The molecular weight excluding hydrogens is 200 g/mol. The van der Waals surface area contributed by atoms with Gasteiger partial charge in [-0.05, 0) is 18.6 Å². The Morgan fingerprint density at radius 1 is 1.06 bits per heavy atom. The number of aryl methyl sites for hydroxylation is 1. The number of benzene rings is 1. The summed E-state index contributed by atoms with van der Waals surface area (Å²) in [6.45, 7) is 1.82. The van der Waals surface area contributed by atoms with Crippen molar-refractivity contribution in [3.05, 3.63) is 53.5 Å².